The van der Waals surface area contributed by atoms with E-state index in [0.29, 0.717) is 17.2 Å². The zero-order valence-electron chi connectivity index (χ0n) is 14.5. The molecule has 0 atom stereocenters. The maximum absolute atomic E-state index is 12.1. The van der Waals surface area contributed by atoms with E-state index < -0.39 is 4.92 Å². The first-order valence-corrected chi connectivity index (χ1v) is 7.53. The van der Waals surface area contributed by atoms with Gasteiger partial charge >= 0.3 is 5.69 Å². The molecule has 0 unspecified atom stereocenters. The number of methoxy groups -OCH3 is 2. The van der Waals surface area contributed by atoms with Gasteiger partial charge in [0, 0.05) is 18.2 Å². The predicted molar refractivity (Wildman–Crippen MR) is 89.7 cm³/mol. The smallest absolute Gasteiger partial charge is 0.312 e. The van der Waals surface area contributed by atoms with Gasteiger partial charge in [-0.15, -0.1) is 0 Å². The first-order valence-electron chi connectivity index (χ1n) is 7.53. The Labute approximate surface area is 144 Å². The lowest BCUT2D eigenvalue weighted by Crippen LogP contribution is -2.28. The average molecular weight is 348 g/mol. The van der Waals surface area contributed by atoms with Crippen LogP contribution in [0, 0.1) is 24.0 Å². The fourth-order valence-electron chi connectivity index (χ4n) is 2.49. The SMILES string of the molecule is COc1ccc(CNC(=O)Cn2nc(C)c([N+](=O)[O-])c2C)c(OC)c1. The molecular weight excluding hydrogens is 328 g/mol. The number of carbonyl (C=O) groups excluding carboxylic acids is 1. The summed E-state index contributed by atoms with van der Waals surface area (Å²) in [5.74, 6) is 0.946. The van der Waals surface area contributed by atoms with Crippen molar-refractivity contribution in [3.05, 3.63) is 45.3 Å². The van der Waals surface area contributed by atoms with Crippen molar-refractivity contribution in [2.24, 2.45) is 0 Å². The number of hydrogen-bond donors (Lipinski definition) is 1. The van der Waals surface area contributed by atoms with Gasteiger partial charge in [0.2, 0.25) is 5.91 Å². The zero-order chi connectivity index (χ0) is 18.6. The molecule has 1 heterocycles. The van der Waals surface area contributed by atoms with Gasteiger partial charge in [0.25, 0.3) is 0 Å². The Morgan fingerprint density at radius 1 is 1.32 bits per heavy atom. The monoisotopic (exact) mass is 348 g/mol. The molecule has 0 bridgehead atoms. The van der Waals surface area contributed by atoms with Gasteiger partial charge in [-0.1, -0.05) is 0 Å². The van der Waals surface area contributed by atoms with Gasteiger partial charge < -0.3 is 14.8 Å². The summed E-state index contributed by atoms with van der Waals surface area (Å²) in [5, 5.41) is 17.8. The Kier molecular flexibility index (Phi) is 5.58. The molecule has 0 radical (unpaired) electrons. The predicted octanol–water partition coefficient (Wildman–Crippen LogP) is 1.74. The van der Waals surface area contributed by atoms with Crippen molar-refractivity contribution >= 4 is 11.6 Å². The van der Waals surface area contributed by atoms with E-state index in [1.807, 2.05) is 0 Å². The highest BCUT2D eigenvalue weighted by Gasteiger charge is 2.22. The number of hydrogen-bond acceptors (Lipinski definition) is 6. The van der Waals surface area contributed by atoms with Crippen LogP contribution in [-0.4, -0.2) is 34.8 Å². The van der Waals surface area contributed by atoms with E-state index in [4.69, 9.17) is 9.47 Å². The summed E-state index contributed by atoms with van der Waals surface area (Å²) in [7, 11) is 3.10. The van der Waals surface area contributed by atoms with Crippen LogP contribution >= 0.6 is 0 Å². The van der Waals surface area contributed by atoms with E-state index in [-0.39, 0.29) is 30.4 Å². The molecule has 2 rings (SSSR count). The lowest BCUT2D eigenvalue weighted by atomic mass is 10.2. The normalized spacial score (nSPS) is 10.4. The Morgan fingerprint density at radius 3 is 2.60 bits per heavy atom. The van der Waals surface area contributed by atoms with E-state index >= 15 is 0 Å². The minimum atomic E-state index is -0.492. The average Bonchev–Trinajstić information content (AvgIpc) is 2.86. The minimum absolute atomic E-state index is 0.0652. The molecule has 1 amide bonds. The molecule has 0 saturated carbocycles. The fourth-order valence-corrected chi connectivity index (χ4v) is 2.49. The van der Waals surface area contributed by atoms with Gasteiger partial charge in [-0.05, 0) is 26.0 Å². The number of amides is 1. The highest BCUT2D eigenvalue weighted by molar-refractivity contribution is 5.76. The van der Waals surface area contributed by atoms with Gasteiger partial charge in [0.15, 0.2) is 0 Å². The second kappa shape index (κ2) is 7.65. The Balaban J connectivity index is 2.05. The minimum Gasteiger partial charge on any atom is -0.497 e. The number of nitrogens with one attached hydrogen (secondary N) is 1. The van der Waals surface area contributed by atoms with E-state index in [0.717, 1.165) is 5.56 Å². The summed E-state index contributed by atoms with van der Waals surface area (Å²) in [6, 6.07) is 5.30. The van der Waals surface area contributed by atoms with E-state index in [1.54, 1.807) is 39.2 Å². The molecule has 1 aromatic heterocycles. The highest BCUT2D eigenvalue weighted by atomic mass is 16.6. The van der Waals surface area contributed by atoms with E-state index in [9.17, 15) is 14.9 Å². The van der Waals surface area contributed by atoms with Gasteiger partial charge in [0.05, 0.1) is 19.1 Å². The summed E-state index contributed by atoms with van der Waals surface area (Å²) in [4.78, 5) is 22.7. The third kappa shape index (κ3) is 4.06. The standard InChI is InChI=1S/C16H20N4O5/c1-10-16(20(22)23)11(2)19(18-10)9-15(21)17-8-12-5-6-13(24-3)7-14(12)25-4/h5-7H,8-9H2,1-4H3,(H,17,21). The van der Waals surface area contributed by atoms with Crippen molar-refractivity contribution in [3.63, 3.8) is 0 Å². The lowest BCUT2D eigenvalue weighted by molar-refractivity contribution is -0.386. The molecule has 0 aliphatic rings. The Morgan fingerprint density at radius 2 is 2.04 bits per heavy atom. The summed E-state index contributed by atoms with van der Waals surface area (Å²) in [5.41, 5.74) is 1.35. The van der Waals surface area contributed by atoms with Crippen LogP contribution in [0.25, 0.3) is 0 Å². The third-order valence-electron chi connectivity index (χ3n) is 3.79. The molecule has 1 aromatic carbocycles. The molecule has 0 fully saturated rings. The largest absolute Gasteiger partial charge is 0.497 e. The molecule has 134 valence electrons. The van der Waals surface area contributed by atoms with Crippen molar-refractivity contribution < 1.29 is 19.2 Å². The van der Waals surface area contributed by atoms with Crippen LogP contribution in [0.2, 0.25) is 0 Å². The van der Waals surface area contributed by atoms with Crippen molar-refractivity contribution in [1.82, 2.24) is 15.1 Å². The second-order valence-corrected chi connectivity index (χ2v) is 5.39. The van der Waals surface area contributed by atoms with Gasteiger partial charge in [-0.25, -0.2) is 0 Å². The molecule has 25 heavy (non-hydrogen) atoms. The number of rotatable bonds is 7. The summed E-state index contributed by atoms with van der Waals surface area (Å²) < 4.78 is 11.7. The molecule has 1 N–H and O–H groups in total. The van der Waals surface area contributed by atoms with Crippen LogP contribution in [0.15, 0.2) is 18.2 Å². The Hall–Kier alpha value is -3.10. The van der Waals surface area contributed by atoms with Gasteiger partial charge in [0.1, 0.15) is 29.4 Å². The maximum Gasteiger partial charge on any atom is 0.312 e. The number of aryl methyl sites for hydroxylation is 1. The third-order valence-corrected chi connectivity index (χ3v) is 3.79. The highest BCUT2D eigenvalue weighted by Crippen LogP contribution is 2.24. The lowest BCUT2D eigenvalue weighted by Gasteiger charge is -2.11. The topological polar surface area (TPSA) is 109 Å². The number of nitrogens with zero attached hydrogens (tertiary/aromatic N) is 3. The van der Waals surface area contributed by atoms with Gasteiger partial charge in [-0.2, -0.15) is 5.10 Å². The summed E-state index contributed by atoms with van der Waals surface area (Å²) in [6.45, 7) is 3.27. The van der Waals surface area contributed by atoms with Gasteiger partial charge in [-0.3, -0.25) is 19.6 Å². The number of benzene rings is 1. The van der Waals surface area contributed by atoms with Crippen molar-refractivity contribution in [2.45, 2.75) is 26.9 Å². The van der Waals surface area contributed by atoms with Crippen molar-refractivity contribution in [1.29, 1.82) is 0 Å². The molecule has 2 aromatic rings. The van der Waals surface area contributed by atoms with Crippen molar-refractivity contribution in [2.75, 3.05) is 14.2 Å². The second-order valence-electron chi connectivity index (χ2n) is 5.39. The van der Waals surface area contributed by atoms with Crippen LogP contribution in [0.4, 0.5) is 5.69 Å². The van der Waals surface area contributed by atoms with E-state index in [2.05, 4.69) is 10.4 Å². The summed E-state index contributed by atoms with van der Waals surface area (Å²) >= 11 is 0. The number of nitro groups is 1. The molecule has 0 saturated heterocycles. The van der Waals surface area contributed by atoms with Crippen molar-refractivity contribution in [3.8, 4) is 11.5 Å². The molecule has 0 aliphatic carbocycles. The quantitative estimate of drug-likeness (QED) is 0.603. The molecule has 0 spiro atoms. The van der Waals surface area contributed by atoms with Crippen LogP contribution < -0.4 is 14.8 Å². The van der Waals surface area contributed by atoms with Crippen LogP contribution in [0.5, 0.6) is 11.5 Å². The zero-order valence-corrected chi connectivity index (χ0v) is 14.5. The summed E-state index contributed by atoms with van der Waals surface area (Å²) in [6.07, 6.45) is 0. The maximum atomic E-state index is 12.1. The molecule has 9 heteroatoms. The Bertz CT molecular complexity index is 800. The fraction of sp³-hybridized carbons (Fsp3) is 0.375. The van der Waals surface area contributed by atoms with Crippen LogP contribution in [0.1, 0.15) is 17.0 Å². The first kappa shape index (κ1) is 18.2. The van der Waals surface area contributed by atoms with Crippen LogP contribution in [-0.2, 0) is 17.9 Å². The molecule has 0 aliphatic heterocycles. The van der Waals surface area contributed by atoms with E-state index in [1.165, 1.54) is 11.8 Å². The number of carbonyl (C=O) groups is 1. The molecular formula is C16H20N4O5. The molecule has 9 nitrogen and oxygen atoms in total. The number of ether oxygens (including phenoxy) is 2. The first-order chi connectivity index (χ1) is 11.9. The number of aromatic nitrogens is 2. The van der Waals surface area contributed by atoms with Crippen LogP contribution in [0.3, 0.4) is 0 Å².